The van der Waals surface area contributed by atoms with E-state index in [2.05, 4.69) is 16.3 Å². The number of likely N-dealkylation sites (tertiary alicyclic amines) is 1. The van der Waals surface area contributed by atoms with E-state index in [9.17, 15) is 4.79 Å². The third kappa shape index (κ3) is 3.78. The standard InChI is InChI=1S/C19H27N3O2/c23-19(15-3-4-15)21-18-6-5-16(14-7-11-24-12-8-14)17(20-18)13-22-9-1-2-10-22/h5-6,14-15H,1-4,7-13H2,(H,20,21,23). The SMILES string of the molecule is O=C(Nc1ccc(C2CCOCC2)c(CN2CCCC2)n1)C1CC1. The molecule has 5 heteroatoms. The fraction of sp³-hybridized carbons (Fsp3) is 0.684. The molecule has 0 bridgehead atoms. The Labute approximate surface area is 143 Å². The first-order valence-electron chi connectivity index (χ1n) is 9.40. The first-order valence-corrected chi connectivity index (χ1v) is 9.40. The molecule has 1 N–H and O–H groups in total. The number of hydrogen-bond donors (Lipinski definition) is 1. The van der Waals surface area contributed by atoms with Crippen molar-refractivity contribution in [3.8, 4) is 0 Å². The van der Waals surface area contributed by atoms with Gasteiger partial charge in [-0.25, -0.2) is 4.98 Å². The van der Waals surface area contributed by atoms with Crippen LogP contribution in [0.3, 0.4) is 0 Å². The summed E-state index contributed by atoms with van der Waals surface area (Å²) >= 11 is 0. The molecule has 130 valence electrons. The van der Waals surface area contributed by atoms with Crippen LogP contribution in [0.15, 0.2) is 12.1 Å². The molecule has 0 unspecified atom stereocenters. The fourth-order valence-corrected chi connectivity index (χ4v) is 3.82. The van der Waals surface area contributed by atoms with Crippen LogP contribution in [0.4, 0.5) is 5.82 Å². The molecule has 24 heavy (non-hydrogen) atoms. The number of nitrogens with zero attached hydrogens (tertiary/aromatic N) is 2. The summed E-state index contributed by atoms with van der Waals surface area (Å²) in [6, 6.07) is 4.18. The van der Waals surface area contributed by atoms with Crippen molar-refractivity contribution in [2.24, 2.45) is 5.92 Å². The monoisotopic (exact) mass is 329 g/mol. The third-order valence-corrected chi connectivity index (χ3v) is 5.44. The van der Waals surface area contributed by atoms with E-state index in [1.54, 1.807) is 0 Å². The van der Waals surface area contributed by atoms with Gasteiger partial charge in [-0.1, -0.05) is 6.07 Å². The minimum Gasteiger partial charge on any atom is -0.381 e. The van der Waals surface area contributed by atoms with E-state index in [4.69, 9.17) is 9.72 Å². The number of rotatable bonds is 5. The molecule has 0 spiro atoms. The largest absolute Gasteiger partial charge is 0.381 e. The molecule has 5 nitrogen and oxygen atoms in total. The van der Waals surface area contributed by atoms with Crippen molar-refractivity contribution in [1.29, 1.82) is 0 Å². The number of carbonyl (C=O) groups excluding carboxylic acids is 1. The van der Waals surface area contributed by atoms with Crippen LogP contribution >= 0.6 is 0 Å². The molecule has 2 aliphatic heterocycles. The summed E-state index contributed by atoms with van der Waals surface area (Å²) in [7, 11) is 0. The Kier molecular flexibility index (Phi) is 4.81. The number of ether oxygens (including phenoxy) is 1. The Balaban J connectivity index is 1.55. The van der Waals surface area contributed by atoms with Crippen LogP contribution in [0, 0.1) is 5.92 Å². The van der Waals surface area contributed by atoms with Crippen molar-refractivity contribution in [3.05, 3.63) is 23.4 Å². The quantitative estimate of drug-likeness (QED) is 0.902. The lowest BCUT2D eigenvalue weighted by Gasteiger charge is -2.26. The molecule has 0 radical (unpaired) electrons. The Hall–Kier alpha value is -1.46. The smallest absolute Gasteiger partial charge is 0.228 e. The third-order valence-electron chi connectivity index (χ3n) is 5.44. The van der Waals surface area contributed by atoms with Crippen LogP contribution in [0.2, 0.25) is 0 Å². The summed E-state index contributed by atoms with van der Waals surface area (Å²) < 4.78 is 5.52. The van der Waals surface area contributed by atoms with Crippen molar-refractivity contribution in [2.45, 2.75) is 51.0 Å². The molecule has 3 heterocycles. The number of hydrogen-bond acceptors (Lipinski definition) is 4. The summed E-state index contributed by atoms with van der Waals surface area (Å²) in [6.45, 7) is 4.91. The van der Waals surface area contributed by atoms with E-state index in [1.807, 2.05) is 6.07 Å². The second kappa shape index (κ2) is 7.19. The minimum absolute atomic E-state index is 0.133. The number of pyridine rings is 1. The summed E-state index contributed by atoms with van der Waals surface area (Å²) in [4.78, 5) is 19.4. The van der Waals surface area contributed by atoms with Gasteiger partial charge in [-0.15, -0.1) is 0 Å². The second-order valence-corrected chi connectivity index (χ2v) is 7.37. The Bertz CT molecular complexity index is 588. The highest BCUT2D eigenvalue weighted by Gasteiger charge is 2.30. The van der Waals surface area contributed by atoms with Gasteiger partial charge in [0.25, 0.3) is 0 Å². The van der Waals surface area contributed by atoms with Gasteiger partial charge < -0.3 is 10.1 Å². The first-order chi connectivity index (χ1) is 11.8. The normalized spacial score (nSPS) is 22.7. The number of amides is 1. The van der Waals surface area contributed by atoms with E-state index in [0.717, 1.165) is 70.0 Å². The predicted octanol–water partition coefficient (Wildman–Crippen LogP) is 2.92. The summed E-state index contributed by atoms with van der Waals surface area (Å²) in [5.41, 5.74) is 2.51. The summed E-state index contributed by atoms with van der Waals surface area (Å²) in [5, 5.41) is 3.01. The molecule has 1 aromatic rings. The van der Waals surface area contributed by atoms with Crippen molar-refractivity contribution >= 4 is 11.7 Å². The number of carbonyl (C=O) groups is 1. The number of aromatic nitrogens is 1. The molecule has 1 amide bonds. The van der Waals surface area contributed by atoms with Gasteiger partial charge in [0.15, 0.2) is 0 Å². The van der Waals surface area contributed by atoms with Gasteiger partial charge in [-0.3, -0.25) is 9.69 Å². The van der Waals surface area contributed by atoms with Crippen LogP contribution in [0.1, 0.15) is 55.7 Å². The molecular weight excluding hydrogens is 302 g/mol. The van der Waals surface area contributed by atoms with Crippen LogP contribution in [0.5, 0.6) is 0 Å². The Morgan fingerprint density at radius 2 is 1.92 bits per heavy atom. The van der Waals surface area contributed by atoms with Gasteiger partial charge in [0.1, 0.15) is 5.82 Å². The summed E-state index contributed by atoms with van der Waals surface area (Å²) in [6.07, 6.45) is 6.75. The molecule has 0 atom stereocenters. The molecule has 2 saturated heterocycles. The first kappa shape index (κ1) is 16.0. The maximum atomic E-state index is 12.0. The lowest BCUT2D eigenvalue weighted by molar-refractivity contribution is -0.117. The van der Waals surface area contributed by atoms with E-state index >= 15 is 0 Å². The zero-order valence-corrected chi connectivity index (χ0v) is 14.3. The molecular formula is C19H27N3O2. The topological polar surface area (TPSA) is 54.5 Å². The zero-order valence-electron chi connectivity index (χ0n) is 14.3. The Morgan fingerprint density at radius 1 is 1.17 bits per heavy atom. The lowest BCUT2D eigenvalue weighted by atomic mass is 9.90. The maximum absolute atomic E-state index is 12.0. The molecule has 3 aliphatic rings. The highest BCUT2D eigenvalue weighted by molar-refractivity contribution is 5.93. The Morgan fingerprint density at radius 3 is 2.62 bits per heavy atom. The second-order valence-electron chi connectivity index (χ2n) is 7.37. The molecule has 1 aliphatic carbocycles. The molecule has 1 aromatic heterocycles. The predicted molar refractivity (Wildman–Crippen MR) is 92.9 cm³/mol. The average Bonchev–Trinajstić information content (AvgIpc) is 3.34. The number of anilines is 1. The molecule has 4 rings (SSSR count). The fourth-order valence-electron chi connectivity index (χ4n) is 3.82. The van der Waals surface area contributed by atoms with Gasteiger partial charge in [0, 0.05) is 25.7 Å². The minimum atomic E-state index is 0.133. The summed E-state index contributed by atoms with van der Waals surface area (Å²) in [5.74, 6) is 1.60. The highest BCUT2D eigenvalue weighted by Crippen LogP contribution is 2.32. The van der Waals surface area contributed by atoms with Crippen molar-refractivity contribution in [3.63, 3.8) is 0 Å². The zero-order chi connectivity index (χ0) is 16.4. The number of nitrogens with one attached hydrogen (secondary N) is 1. The van der Waals surface area contributed by atoms with Gasteiger partial charge >= 0.3 is 0 Å². The van der Waals surface area contributed by atoms with Crippen molar-refractivity contribution < 1.29 is 9.53 Å². The van der Waals surface area contributed by atoms with Crippen LogP contribution in [-0.2, 0) is 16.1 Å². The van der Waals surface area contributed by atoms with E-state index in [1.165, 1.54) is 18.4 Å². The van der Waals surface area contributed by atoms with Crippen LogP contribution < -0.4 is 5.32 Å². The molecule has 0 aromatic carbocycles. The van der Waals surface area contributed by atoms with Gasteiger partial charge in [-0.05, 0) is 69.2 Å². The average molecular weight is 329 g/mol. The van der Waals surface area contributed by atoms with Crippen LogP contribution in [0.25, 0.3) is 0 Å². The van der Waals surface area contributed by atoms with Crippen LogP contribution in [-0.4, -0.2) is 42.1 Å². The lowest BCUT2D eigenvalue weighted by Crippen LogP contribution is -2.23. The van der Waals surface area contributed by atoms with E-state index in [-0.39, 0.29) is 11.8 Å². The van der Waals surface area contributed by atoms with Gasteiger partial charge in [-0.2, -0.15) is 0 Å². The van der Waals surface area contributed by atoms with E-state index < -0.39 is 0 Å². The molecule has 1 saturated carbocycles. The van der Waals surface area contributed by atoms with Crippen molar-refractivity contribution in [1.82, 2.24) is 9.88 Å². The molecule has 3 fully saturated rings. The van der Waals surface area contributed by atoms with Gasteiger partial charge in [0.2, 0.25) is 5.91 Å². The van der Waals surface area contributed by atoms with E-state index in [0.29, 0.717) is 5.92 Å². The van der Waals surface area contributed by atoms with Gasteiger partial charge in [0.05, 0.1) is 5.69 Å². The maximum Gasteiger partial charge on any atom is 0.228 e. The van der Waals surface area contributed by atoms with Crippen molar-refractivity contribution in [2.75, 3.05) is 31.6 Å². The highest BCUT2D eigenvalue weighted by atomic mass is 16.5.